The van der Waals surface area contributed by atoms with E-state index in [1.54, 1.807) is 7.11 Å². The Morgan fingerprint density at radius 2 is 1.95 bits per heavy atom. The monoisotopic (exact) mass is 304 g/mol. The fourth-order valence-corrected chi connectivity index (χ4v) is 3.59. The standard InChI is InChI=1S/C18H28N2O2/c1-20-11-3-4-16(13-20)22-18-12-15(5-6-17(18)21-2)14-7-9-19-10-8-14/h5-6,12,14,16,19H,3-4,7-11,13H2,1-2H3. The lowest BCUT2D eigenvalue weighted by Crippen LogP contribution is -2.38. The number of nitrogens with zero attached hydrogens (tertiary/aromatic N) is 1. The fraction of sp³-hybridized carbons (Fsp3) is 0.667. The molecule has 2 fully saturated rings. The second kappa shape index (κ2) is 7.34. The maximum Gasteiger partial charge on any atom is 0.161 e. The van der Waals surface area contributed by atoms with E-state index in [0.29, 0.717) is 5.92 Å². The van der Waals surface area contributed by atoms with Gasteiger partial charge in [0.1, 0.15) is 6.10 Å². The van der Waals surface area contributed by atoms with Crippen molar-refractivity contribution in [3.8, 4) is 11.5 Å². The summed E-state index contributed by atoms with van der Waals surface area (Å²) >= 11 is 0. The number of methoxy groups -OCH3 is 1. The van der Waals surface area contributed by atoms with E-state index in [9.17, 15) is 0 Å². The molecule has 1 N–H and O–H groups in total. The van der Waals surface area contributed by atoms with Gasteiger partial charge in [0.15, 0.2) is 11.5 Å². The summed E-state index contributed by atoms with van der Waals surface area (Å²) in [6.07, 6.45) is 5.02. The van der Waals surface area contributed by atoms with Crippen LogP contribution in [0.4, 0.5) is 0 Å². The van der Waals surface area contributed by atoms with Crippen molar-refractivity contribution in [3.63, 3.8) is 0 Å². The van der Waals surface area contributed by atoms with E-state index in [4.69, 9.17) is 9.47 Å². The Morgan fingerprint density at radius 3 is 2.68 bits per heavy atom. The zero-order valence-electron chi connectivity index (χ0n) is 13.8. The second-order valence-corrected chi connectivity index (χ2v) is 6.58. The molecule has 2 aliphatic rings. The topological polar surface area (TPSA) is 33.7 Å². The van der Waals surface area contributed by atoms with E-state index in [2.05, 4.69) is 35.5 Å². The van der Waals surface area contributed by atoms with Crippen LogP contribution in [0.5, 0.6) is 11.5 Å². The van der Waals surface area contributed by atoms with Crippen LogP contribution in [-0.4, -0.2) is 51.3 Å². The van der Waals surface area contributed by atoms with Gasteiger partial charge in [-0.3, -0.25) is 0 Å². The molecular weight excluding hydrogens is 276 g/mol. The molecule has 0 spiro atoms. The van der Waals surface area contributed by atoms with E-state index in [1.807, 2.05) is 0 Å². The zero-order valence-corrected chi connectivity index (χ0v) is 13.8. The molecule has 1 aromatic rings. The number of hydrogen-bond donors (Lipinski definition) is 1. The highest BCUT2D eigenvalue weighted by atomic mass is 16.5. The van der Waals surface area contributed by atoms with Crippen molar-refractivity contribution >= 4 is 0 Å². The number of nitrogens with one attached hydrogen (secondary N) is 1. The molecule has 0 aromatic heterocycles. The summed E-state index contributed by atoms with van der Waals surface area (Å²) in [6.45, 7) is 4.40. The number of rotatable bonds is 4. The molecule has 1 aromatic carbocycles. The third-order valence-electron chi connectivity index (χ3n) is 4.87. The first-order chi connectivity index (χ1) is 10.8. The molecule has 22 heavy (non-hydrogen) atoms. The smallest absolute Gasteiger partial charge is 0.161 e. The predicted molar refractivity (Wildman–Crippen MR) is 89.0 cm³/mol. The summed E-state index contributed by atoms with van der Waals surface area (Å²) in [5, 5.41) is 3.43. The van der Waals surface area contributed by atoms with Gasteiger partial charge in [0.25, 0.3) is 0 Å². The molecule has 4 nitrogen and oxygen atoms in total. The van der Waals surface area contributed by atoms with Gasteiger partial charge in [-0.05, 0) is 76.0 Å². The molecule has 4 heteroatoms. The van der Waals surface area contributed by atoms with Crippen molar-refractivity contribution < 1.29 is 9.47 Å². The second-order valence-electron chi connectivity index (χ2n) is 6.58. The molecule has 0 saturated carbocycles. The fourth-order valence-electron chi connectivity index (χ4n) is 3.59. The van der Waals surface area contributed by atoms with Gasteiger partial charge in [0, 0.05) is 6.54 Å². The minimum atomic E-state index is 0.274. The number of piperidine rings is 2. The number of benzene rings is 1. The Hall–Kier alpha value is -1.26. The lowest BCUT2D eigenvalue weighted by atomic mass is 9.90. The van der Waals surface area contributed by atoms with E-state index in [1.165, 1.54) is 31.4 Å². The van der Waals surface area contributed by atoms with Crippen LogP contribution in [0.15, 0.2) is 18.2 Å². The maximum absolute atomic E-state index is 6.30. The minimum absolute atomic E-state index is 0.274. The van der Waals surface area contributed by atoms with Crippen LogP contribution in [-0.2, 0) is 0 Å². The van der Waals surface area contributed by atoms with Crippen LogP contribution < -0.4 is 14.8 Å². The minimum Gasteiger partial charge on any atom is -0.493 e. The van der Waals surface area contributed by atoms with Crippen LogP contribution in [0, 0.1) is 0 Å². The number of hydrogen-bond acceptors (Lipinski definition) is 4. The predicted octanol–water partition coefficient (Wildman–Crippen LogP) is 2.64. The lowest BCUT2D eigenvalue weighted by molar-refractivity contribution is 0.101. The largest absolute Gasteiger partial charge is 0.493 e. The summed E-state index contributed by atoms with van der Waals surface area (Å²) in [7, 11) is 3.89. The zero-order chi connectivity index (χ0) is 15.4. The van der Waals surface area contributed by atoms with E-state index in [-0.39, 0.29) is 6.10 Å². The SMILES string of the molecule is COc1ccc(C2CCNCC2)cc1OC1CCCN(C)C1. The average molecular weight is 304 g/mol. The summed E-state index contributed by atoms with van der Waals surface area (Å²) in [4.78, 5) is 2.34. The molecular formula is C18H28N2O2. The number of likely N-dealkylation sites (N-methyl/N-ethyl adjacent to an activating group) is 1. The molecule has 2 saturated heterocycles. The van der Waals surface area contributed by atoms with Gasteiger partial charge < -0.3 is 19.7 Å². The quantitative estimate of drug-likeness (QED) is 0.927. The number of ether oxygens (including phenoxy) is 2. The Kier molecular flexibility index (Phi) is 5.21. The van der Waals surface area contributed by atoms with Crippen molar-refractivity contribution in [2.75, 3.05) is 40.3 Å². The van der Waals surface area contributed by atoms with Gasteiger partial charge >= 0.3 is 0 Å². The maximum atomic E-state index is 6.30. The van der Waals surface area contributed by atoms with Crippen LogP contribution in [0.1, 0.15) is 37.2 Å². The van der Waals surface area contributed by atoms with Crippen molar-refractivity contribution in [1.82, 2.24) is 10.2 Å². The molecule has 0 radical (unpaired) electrons. The van der Waals surface area contributed by atoms with Crippen molar-refractivity contribution in [2.24, 2.45) is 0 Å². The van der Waals surface area contributed by atoms with Gasteiger partial charge in [-0.1, -0.05) is 6.07 Å². The van der Waals surface area contributed by atoms with Crippen molar-refractivity contribution in [2.45, 2.75) is 37.7 Å². The first-order valence-corrected chi connectivity index (χ1v) is 8.50. The molecule has 1 unspecified atom stereocenters. The van der Waals surface area contributed by atoms with Crippen LogP contribution >= 0.6 is 0 Å². The van der Waals surface area contributed by atoms with Crippen LogP contribution in [0.25, 0.3) is 0 Å². The normalized spacial score (nSPS) is 24.2. The lowest BCUT2D eigenvalue weighted by Gasteiger charge is -2.31. The summed E-state index contributed by atoms with van der Waals surface area (Å²) < 4.78 is 11.8. The Balaban J connectivity index is 1.75. The molecule has 2 aliphatic heterocycles. The molecule has 0 aliphatic carbocycles. The molecule has 0 amide bonds. The third-order valence-corrected chi connectivity index (χ3v) is 4.87. The molecule has 122 valence electrons. The highest BCUT2D eigenvalue weighted by Crippen LogP contribution is 2.35. The van der Waals surface area contributed by atoms with Crippen molar-refractivity contribution in [1.29, 1.82) is 0 Å². The molecule has 3 rings (SSSR count). The van der Waals surface area contributed by atoms with Gasteiger partial charge in [0.2, 0.25) is 0 Å². The first kappa shape index (κ1) is 15.6. The van der Waals surface area contributed by atoms with Gasteiger partial charge in [-0.2, -0.15) is 0 Å². The highest BCUT2D eigenvalue weighted by Gasteiger charge is 2.22. The molecule has 1 atom stereocenters. The highest BCUT2D eigenvalue weighted by molar-refractivity contribution is 5.44. The summed E-state index contributed by atoms with van der Waals surface area (Å²) in [5.41, 5.74) is 1.39. The number of likely N-dealkylation sites (tertiary alicyclic amines) is 1. The van der Waals surface area contributed by atoms with Crippen LogP contribution in [0.3, 0.4) is 0 Å². The Labute approximate surface area is 133 Å². The van der Waals surface area contributed by atoms with E-state index < -0.39 is 0 Å². The Morgan fingerprint density at radius 1 is 1.14 bits per heavy atom. The average Bonchev–Trinajstić information content (AvgIpc) is 2.56. The molecule has 0 bridgehead atoms. The van der Waals surface area contributed by atoms with Gasteiger partial charge in [0.05, 0.1) is 7.11 Å². The van der Waals surface area contributed by atoms with Gasteiger partial charge in [-0.25, -0.2) is 0 Å². The first-order valence-electron chi connectivity index (χ1n) is 8.50. The summed E-state index contributed by atoms with van der Waals surface area (Å²) in [6, 6.07) is 6.48. The Bertz CT molecular complexity index is 486. The summed E-state index contributed by atoms with van der Waals surface area (Å²) in [5.74, 6) is 2.41. The van der Waals surface area contributed by atoms with E-state index in [0.717, 1.165) is 37.6 Å². The molecule has 2 heterocycles. The van der Waals surface area contributed by atoms with E-state index >= 15 is 0 Å². The third kappa shape index (κ3) is 3.73. The van der Waals surface area contributed by atoms with Crippen LogP contribution in [0.2, 0.25) is 0 Å². The van der Waals surface area contributed by atoms with Crippen molar-refractivity contribution in [3.05, 3.63) is 23.8 Å². The van der Waals surface area contributed by atoms with Gasteiger partial charge in [-0.15, -0.1) is 0 Å².